The summed E-state index contributed by atoms with van der Waals surface area (Å²) in [5, 5.41) is 4.68. The molecule has 1 N–H and O–H groups in total. The van der Waals surface area contributed by atoms with E-state index in [2.05, 4.69) is 47.5 Å². The third-order valence-electron chi connectivity index (χ3n) is 5.15. The smallest absolute Gasteiger partial charge is 0.341 e. The van der Waals surface area contributed by atoms with E-state index in [1.807, 2.05) is 37.3 Å². The minimum Gasteiger partial charge on any atom is -0.462 e. The summed E-state index contributed by atoms with van der Waals surface area (Å²) < 4.78 is 5.29. The van der Waals surface area contributed by atoms with Gasteiger partial charge in [0.05, 0.1) is 12.2 Å². The van der Waals surface area contributed by atoms with Crippen LogP contribution >= 0.6 is 23.6 Å². The number of nitrogens with zero attached hydrogens (tertiary/aromatic N) is 1. The fourth-order valence-corrected chi connectivity index (χ4v) is 5.33. The van der Waals surface area contributed by atoms with E-state index in [1.165, 1.54) is 11.1 Å². The van der Waals surface area contributed by atoms with Gasteiger partial charge in [0.15, 0.2) is 5.11 Å². The number of hydrogen-bond acceptors (Lipinski definition) is 4. The van der Waals surface area contributed by atoms with Crippen LogP contribution in [0.4, 0.5) is 10.7 Å². The Morgan fingerprint density at radius 2 is 1.93 bits per heavy atom. The second kappa shape index (κ2) is 8.98. The van der Waals surface area contributed by atoms with Crippen molar-refractivity contribution in [3.05, 3.63) is 82.2 Å². The lowest BCUT2D eigenvalue weighted by molar-refractivity contribution is 0.0528. The molecule has 0 bridgehead atoms. The van der Waals surface area contributed by atoms with Crippen molar-refractivity contribution < 1.29 is 9.53 Å². The van der Waals surface area contributed by atoms with E-state index in [-0.39, 0.29) is 12.0 Å². The van der Waals surface area contributed by atoms with Crippen molar-refractivity contribution in [1.82, 2.24) is 0 Å². The van der Waals surface area contributed by atoms with Gasteiger partial charge in [-0.3, -0.25) is 0 Å². The molecular weight excluding hydrogens is 412 g/mol. The van der Waals surface area contributed by atoms with Crippen LogP contribution < -0.4 is 10.2 Å². The molecule has 2 heterocycles. The maximum absolute atomic E-state index is 12.6. The number of thiocarbonyl (C=S) groups is 1. The van der Waals surface area contributed by atoms with E-state index >= 15 is 0 Å². The number of nitrogens with one attached hydrogen (secondary N) is 1. The lowest BCUT2D eigenvalue weighted by Crippen LogP contribution is -2.38. The Hall–Kier alpha value is -2.70. The lowest BCUT2D eigenvalue weighted by atomic mass is 10.1. The summed E-state index contributed by atoms with van der Waals surface area (Å²) in [6.45, 7) is 4.31. The molecular formula is C24H24N2O2S2. The first-order valence-electron chi connectivity index (χ1n) is 10.1. The fraction of sp³-hybridized carbons (Fsp3) is 0.250. The average Bonchev–Trinajstić information content (AvgIpc) is 3.28. The number of hydrogen-bond donors (Lipinski definition) is 1. The van der Waals surface area contributed by atoms with Crippen LogP contribution in [0.3, 0.4) is 0 Å². The fourth-order valence-electron chi connectivity index (χ4n) is 3.81. The van der Waals surface area contributed by atoms with Crippen molar-refractivity contribution >= 4 is 45.3 Å². The summed E-state index contributed by atoms with van der Waals surface area (Å²) >= 11 is 7.32. The second-order valence-corrected chi connectivity index (χ2v) is 8.84. The molecule has 1 atom stereocenters. The molecule has 0 amide bonds. The van der Waals surface area contributed by atoms with E-state index in [4.69, 9.17) is 17.0 Å². The molecule has 0 aliphatic carbocycles. The molecule has 1 aromatic heterocycles. The van der Waals surface area contributed by atoms with Crippen LogP contribution in [0.2, 0.25) is 0 Å². The molecule has 0 unspecified atom stereocenters. The van der Waals surface area contributed by atoms with Gasteiger partial charge in [0.1, 0.15) is 5.00 Å². The number of carbonyl (C=O) groups is 1. The van der Waals surface area contributed by atoms with E-state index < -0.39 is 0 Å². The summed E-state index contributed by atoms with van der Waals surface area (Å²) in [4.78, 5) is 15.8. The van der Waals surface area contributed by atoms with Gasteiger partial charge >= 0.3 is 5.97 Å². The molecule has 3 aromatic rings. The van der Waals surface area contributed by atoms with E-state index in [1.54, 1.807) is 11.3 Å². The predicted octanol–water partition coefficient (Wildman–Crippen LogP) is 5.66. The highest BCUT2D eigenvalue weighted by Crippen LogP contribution is 2.35. The molecule has 1 aliphatic heterocycles. The van der Waals surface area contributed by atoms with Crippen LogP contribution in [0.1, 0.15) is 40.2 Å². The van der Waals surface area contributed by atoms with E-state index in [0.717, 1.165) is 28.4 Å². The predicted molar refractivity (Wildman–Crippen MR) is 128 cm³/mol. The molecule has 4 nitrogen and oxygen atoms in total. The second-order valence-electron chi connectivity index (χ2n) is 7.32. The summed E-state index contributed by atoms with van der Waals surface area (Å²) in [5.41, 5.74) is 4.15. The maximum atomic E-state index is 12.6. The first-order valence-corrected chi connectivity index (χ1v) is 11.3. The van der Waals surface area contributed by atoms with Crippen molar-refractivity contribution in [2.24, 2.45) is 0 Å². The highest BCUT2D eigenvalue weighted by atomic mass is 32.1. The quantitative estimate of drug-likeness (QED) is 0.413. The van der Waals surface area contributed by atoms with Crippen LogP contribution in [0, 0.1) is 0 Å². The van der Waals surface area contributed by atoms with Crippen LogP contribution in [-0.4, -0.2) is 23.7 Å². The average molecular weight is 437 g/mol. The third kappa shape index (κ3) is 4.25. The number of benzene rings is 2. The summed E-state index contributed by atoms with van der Waals surface area (Å²) in [7, 11) is 0. The standard InChI is InChI=1S/C24H24N2O2S2/c1-3-28-23(27)20-15-19(14-17-9-5-4-6-10-17)30-22(20)25-24(29)26-16(2)13-18-11-7-8-12-21(18)26/h4-12,15-16H,3,13-14H2,1-2H3,(H,25,29)/t16-/m1/s1. The number of thiophene rings is 1. The summed E-state index contributed by atoms with van der Waals surface area (Å²) in [5.74, 6) is -0.326. The molecule has 2 aromatic carbocycles. The van der Waals surface area contributed by atoms with Gasteiger partial charge in [0, 0.05) is 23.0 Å². The van der Waals surface area contributed by atoms with Crippen LogP contribution in [0.25, 0.3) is 0 Å². The molecule has 30 heavy (non-hydrogen) atoms. The van der Waals surface area contributed by atoms with Gasteiger partial charge in [0.25, 0.3) is 0 Å². The molecule has 0 saturated heterocycles. The normalized spacial score (nSPS) is 15.0. The Labute approximate surface area is 186 Å². The summed E-state index contributed by atoms with van der Waals surface area (Å²) in [6, 6.07) is 20.7. The molecule has 0 radical (unpaired) electrons. The number of para-hydroxylation sites is 1. The van der Waals surface area contributed by atoms with E-state index in [0.29, 0.717) is 17.3 Å². The Balaban J connectivity index is 1.60. The van der Waals surface area contributed by atoms with Gasteiger partial charge in [0.2, 0.25) is 0 Å². The Morgan fingerprint density at radius 3 is 2.70 bits per heavy atom. The van der Waals surface area contributed by atoms with Crippen molar-refractivity contribution in [2.75, 3.05) is 16.8 Å². The molecule has 0 fully saturated rings. The Bertz CT molecular complexity index is 1060. The van der Waals surface area contributed by atoms with Crippen LogP contribution in [0.5, 0.6) is 0 Å². The van der Waals surface area contributed by atoms with Gasteiger partial charge in [-0.1, -0.05) is 48.5 Å². The largest absolute Gasteiger partial charge is 0.462 e. The van der Waals surface area contributed by atoms with Crippen molar-refractivity contribution in [2.45, 2.75) is 32.7 Å². The molecule has 6 heteroatoms. The van der Waals surface area contributed by atoms with Crippen molar-refractivity contribution in [1.29, 1.82) is 0 Å². The third-order valence-corrected chi connectivity index (χ3v) is 6.50. The molecule has 4 rings (SSSR count). The number of esters is 1. The van der Waals surface area contributed by atoms with Gasteiger partial charge < -0.3 is 15.0 Å². The van der Waals surface area contributed by atoms with Gasteiger partial charge in [-0.25, -0.2) is 4.79 Å². The number of carbonyl (C=O) groups excluding carboxylic acids is 1. The van der Waals surface area contributed by atoms with E-state index in [9.17, 15) is 4.79 Å². The van der Waals surface area contributed by atoms with Gasteiger partial charge in [-0.2, -0.15) is 0 Å². The number of rotatable bonds is 5. The molecule has 0 saturated carbocycles. The number of anilines is 2. The highest BCUT2D eigenvalue weighted by molar-refractivity contribution is 7.80. The molecule has 0 spiro atoms. The van der Waals surface area contributed by atoms with Crippen molar-refractivity contribution in [3.8, 4) is 0 Å². The minimum absolute atomic E-state index is 0.261. The minimum atomic E-state index is -0.326. The molecule has 1 aliphatic rings. The van der Waals surface area contributed by atoms with Gasteiger partial charge in [-0.05, 0) is 55.7 Å². The zero-order chi connectivity index (χ0) is 21.1. The van der Waals surface area contributed by atoms with Gasteiger partial charge in [-0.15, -0.1) is 11.3 Å². The van der Waals surface area contributed by atoms with Crippen LogP contribution in [0.15, 0.2) is 60.7 Å². The maximum Gasteiger partial charge on any atom is 0.341 e. The zero-order valence-corrected chi connectivity index (χ0v) is 18.7. The Kier molecular flexibility index (Phi) is 6.16. The van der Waals surface area contributed by atoms with Crippen molar-refractivity contribution in [3.63, 3.8) is 0 Å². The Morgan fingerprint density at radius 1 is 1.20 bits per heavy atom. The first kappa shape index (κ1) is 20.6. The summed E-state index contributed by atoms with van der Waals surface area (Å²) in [6.07, 6.45) is 1.71. The SMILES string of the molecule is CCOC(=O)c1cc(Cc2ccccc2)sc1NC(=S)N1c2ccccc2C[C@H]1C. The highest BCUT2D eigenvalue weighted by Gasteiger charge is 2.29. The number of fused-ring (bicyclic) bond motifs is 1. The zero-order valence-electron chi connectivity index (χ0n) is 17.1. The monoisotopic (exact) mass is 436 g/mol. The topological polar surface area (TPSA) is 41.6 Å². The first-order chi connectivity index (χ1) is 14.6. The molecule has 154 valence electrons. The number of ether oxygens (including phenoxy) is 1. The van der Waals surface area contributed by atoms with Crippen LogP contribution in [-0.2, 0) is 17.6 Å². The lowest BCUT2D eigenvalue weighted by Gasteiger charge is -2.26.